The molecule has 0 radical (unpaired) electrons. The average molecular weight is 812 g/mol. The van der Waals surface area contributed by atoms with Crippen LogP contribution in [-0.4, -0.2) is 86.1 Å². The Bertz CT molecular complexity index is 619. The number of nitrogens with one attached hydrogen (secondary N) is 2. The van der Waals surface area contributed by atoms with Gasteiger partial charge >= 0.3 is 0 Å². The SMILES string of the molecule is CCCCCCCCC/C=C\CCCCCCCC[NH+](CCO)CCO.CCCCCCCCC/C=C\CCCCCCCC[NH+](CCO)CCO.[Cl-].[Cl-]. The van der Waals surface area contributed by atoms with E-state index in [9.17, 15) is 0 Å². The van der Waals surface area contributed by atoms with Crippen LogP contribution >= 0.6 is 0 Å². The topological polar surface area (TPSA) is 89.8 Å². The number of aliphatic hydroxyl groups excluding tert-OH is 4. The van der Waals surface area contributed by atoms with E-state index in [1.54, 1.807) is 0 Å². The first-order valence-electron chi connectivity index (χ1n) is 23.1. The summed E-state index contributed by atoms with van der Waals surface area (Å²) >= 11 is 0. The van der Waals surface area contributed by atoms with E-state index in [0.717, 1.165) is 39.3 Å². The number of rotatable bonds is 42. The van der Waals surface area contributed by atoms with Crippen LogP contribution in [0.2, 0.25) is 0 Å². The molecule has 0 amide bonds. The molecule has 0 atom stereocenters. The monoisotopic (exact) mass is 811 g/mol. The highest BCUT2D eigenvalue weighted by Crippen LogP contribution is 2.12. The Kier molecular flexibility index (Phi) is 64.0. The van der Waals surface area contributed by atoms with Gasteiger partial charge in [-0.3, -0.25) is 0 Å². The van der Waals surface area contributed by atoms with Gasteiger partial charge in [-0.05, 0) is 77.0 Å². The molecule has 0 aliphatic heterocycles. The second-order valence-corrected chi connectivity index (χ2v) is 15.5. The highest BCUT2D eigenvalue weighted by molar-refractivity contribution is 4.82. The first kappa shape index (κ1) is 60.5. The number of unbranched alkanes of at least 4 members (excludes halogenated alkanes) is 26. The summed E-state index contributed by atoms with van der Waals surface area (Å²) in [4.78, 5) is 2.67. The molecule has 0 aromatic heterocycles. The Balaban J connectivity index is -0.000000446. The van der Waals surface area contributed by atoms with E-state index in [-0.39, 0.29) is 51.2 Å². The van der Waals surface area contributed by atoms with Gasteiger partial charge in [-0.1, -0.05) is 154 Å². The normalized spacial score (nSPS) is 11.4. The molecule has 0 spiro atoms. The molecule has 0 saturated carbocycles. The van der Waals surface area contributed by atoms with E-state index in [4.69, 9.17) is 20.4 Å². The maximum absolute atomic E-state index is 9.00. The zero-order chi connectivity index (χ0) is 38.3. The lowest BCUT2D eigenvalue weighted by atomic mass is 10.1. The van der Waals surface area contributed by atoms with Gasteiger partial charge in [-0.15, -0.1) is 0 Å². The molecule has 0 aliphatic carbocycles. The quantitative estimate of drug-likeness (QED) is 0.0423. The Morgan fingerprint density at radius 2 is 0.481 bits per heavy atom. The molecular formula is C46H96Cl2N2O4. The second-order valence-electron chi connectivity index (χ2n) is 15.5. The van der Waals surface area contributed by atoms with Crippen molar-refractivity contribution >= 4 is 0 Å². The van der Waals surface area contributed by atoms with Crippen LogP contribution < -0.4 is 34.6 Å². The maximum Gasteiger partial charge on any atom is 0.101 e. The Morgan fingerprint density at radius 3 is 0.704 bits per heavy atom. The van der Waals surface area contributed by atoms with Gasteiger partial charge in [0.15, 0.2) is 0 Å². The molecule has 0 aromatic carbocycles. The van der Waals surface area contributed by atoms with Crippen molar-refractivity contribution in [2.45, 2.75) is 206 Å². The molecule has 0 fully saturated rings. The second kappa shape index (κ2) is 57.1. The molecule has 54 heavy (non-hydrogen) atoms. The van der Waals surface area contributed by atoms with E-state index >= 15 is 0 Å². The molecule has 0 unspecified atom stereocenters. The summed E-state index contributed by atoms with van der Waals surface area (Å²) in [5, 5.41) is 36.0. The fourth-order valence-electron chi connectivity index (χ4n) is 6.98. The number of hydrogen-bond donors (Lipinski definition) is 6. The van der Waals surface area contributed by atoms with Crippen molar-refractivity contribution in [2.24, 2.45) is 0 Å². The van der Waals surface area contributed by atoms with Crippen LogP contribution in [0.3, 0.4) is 0 Å². The zero-order valence-electron chi connectivity index (χ0n) is 36.1. The maximum atomic E-state index is 9.00. The molecule has 0 rings (SSSR count). The van der Waals surface area contributed by atoms with Gasteiger partial charge < -0.3 is 55.0 Å². The fraction of sp³-hybridized carbons (Fsp3) is 0.913. The van der Waals surface area contributed by atoms with Gasteiger partial charge in [-0.2, -0.15) is 0 Å². The van der Waals surface area contributed by atoms with Crippen LogP contribution in [0.25, 0.3) is 0 Å². The number of halogens is 2. The number of hydrogen-bond acceptors (Lipinski definition) is 4. The molecular weight excluding hydrogens is 715 g/mol. The van der Waals surface area contributed by atoms with E-state index < -0.39 is 0 Å². The van der Waals surface area contributed by atoms with Gasteiger partial charge in [0.25, 0.3) is 0 Å². The van der Waals surface area contributed by atoms with E-state index in [2.05, 4.69) is 38.2 Å². The molecule has 0 bridgehead atoms. The van der Waals surface area contributed by atoms with Crippen molar-refractivity contribution in [3.8, 4) is 0 Å². The van der Waals surface area contributed by atoms with Crippen LogP contribution in [0.15, 0.2) is 24.3 Å². The highest BCUT2D eigenvalue weighted by atomic mass is 35.5. The Labute approximate surface area is 350 Å². The lowest BCUT2D eigenvalue weighted by Gasteiger charge is -2.17. The number of quaternary nitrogens is 2. The third-order valence-electron chi connectivity index (χ3n) is 10.4. The van der Waals surface area contributed by atoms with Gasteiger partial charge in [-0.25, -0.2) is 0 Å². The number of aliphatic hydroxyl groups is 4. The van der Waals surface area contributed by atoms with Gasteiger partial charge in [0.1, 0.15) is 26.2 Å². The third-order valence-corrected chi connectivity index (χ3v) is 10.4. The van der Waals surface area contributed by atoms with Crippen LogP contribution in [0.5, 0.6) is 0 Å². The van der Waals surface area contributed by atoms with Gasteiger partial charge in [0, 0.05) is 0 Å². The minimum Gasteiger partial charge on any atom is -1.00 e. The van der Waals surface area contributed by atoms with Crippen molar-refractivity contribution in [3.05, 3.63) is 24.3 Å². The van der Waals surface area contributed by atoms with Gasteiger partial charge in [0.2, 0.25) is 0 Å². The van der Waals surface area contributed by atoms with Crippen LogP contribution in [0.1, 0.15) is 206 Å². The third kappa shape index (κ3) is 53.9. The summed E-state index contributed by atoms with van der Waals surface area (Å²) in [7, 11) is 0. The van der Waals surface area contributed by atoms with Crippen LogP contribution in [-0.2, 0) is 0 Å². The highest BCUT2D eigenvalue weighted by Gasteiger charge is 2.07. The number of allylic oxidation sites excluding steroid dienone is 4. The summed E-state index contributed by atoms with van der Waals surface area (Å²) in [6.07, 6.45) is 50.0. The average Bonchev–Trinajstić information content (AvgIpc) is 3.14. The molecule has 0 heterocycles. The van der Waals surface area contributed by atoms with Crippen LogP contribution in [0.4, 0.5) is 0 Å². The first-order valence-corrected chi connectivity index (χ1v) is 23.1. The molecule has 0 aromatic rings. The fourth-order valence-corrected chi connectivity index (χ4v) is 6.98. The lowest BCUT2D eigenvalue weighted by molar-refractivity contribution is -0.901. The van der Waals surface area contributed by atoms with E-state index in [1.165, 1.54) is 202 Å². The van der Waals surface area contributed by atoms with Crippen LogP contribution in [0, 0.1) is 0 Å². The minimum atomic E-state index is 0. The van der Waals surface area contributed by atoms with Gasteiger partial charge in [0.05, 0.1) is 39.5 Å². The van der Waals surface area contributed by atoms with Crippen molar-refractivity contribution < 1.29 is 55.0 Å². The van der Waals surface area contributed by atoms with Crippen molar-refractivity contribution in [1.29, 1.82) is 0 Å². The Hall–Kier alpha value is -0.180. The lowest BCUT2D eigenvalue weighted by Crippen LogP contribution is -3.13. The standard InChI is InChI=1S/2C23H47NO2.2ClH/c2*1-2-3-4-5-6-7-8-9-10-11-12-13-14-15-16-17-18-19-24(20-22-25)21-23-26;;/h2*10-11,25-26H,2-9,12-23H2,1H3;2*1H/b2*11-10-;;. The van der Waals surface area contributed by atoms with Crippen molar-refractivity contribution in [3.63, 3.8) is 0 Å². The molecule has 0 saturated heterocycles. The predicted molar refractivity (Wildman–Crippen MR) is 228 cm³/mol. The summed E-state index contributed by atoms with van der Waals surface area (Å²) in [6, 6.07) is 0. The molecule has 0 aliphatic rings. The Morgan fingerprint density at radius 1 is 0.278 bits per heavy atom. The molecule has 6 N–H and O–H groups in total. The first-order chi connectivity index (χ1) is 25.7. The zero-order valence-corrected chi connectivity index (χ0v) is 37.7. The summed E-state index contributed by atoms with van der Waals surface area (Å²) in [5.41, 5.74) is 0. The van der Waals surface area contributed by atoms with E-state index in [0.29, 0.717) is 0 Å². The minimum absolute atomic E-state index is 0. The smallest absolute Gasteiger partial charge is 0.101 e. The van der Waals surface area contributed by atoms with E-state index in [1.807, 2.05) is 0 Å². The largest absolute Gasteiger partial charge is 1.00 e. The summed E-state index contributed by atoms with van der Waals surface area (Å²) in [5.74, 6) is 0. The predicted octanol–water partition coefficient (Wildman–Crippen LogP) is 2.58. The molecule has 6 nitrogen and oxygen atoms in total. The molecule has 328 valence electrons. The van der Waals surface area contributed by atoms with Crippen molar-refractivity contribution in [2.75, 3.05) is 65.7 Å². The summed E-state index contributed by atoms with van der Waals surface area (Å²) in [6.45, 7) is 10.7. The van der Waals surface area contributed by atoms with Crippen molar-refractivity contribution in [1.82, 2.24) is 0 Å². The molecule has 8 heteroatoms. The summed E-state index contributed by atoms with van der Waals surface area (Å²) < 4.78 is 0.